The lowest BCUT2D eigenvalue weighted by Gasteiger charge is -2.09. The van der Waals surface area contributed by atoms with Gasteiger partial charge in [-0.1, -0.05) is 6.07 Å². The van der Waals surface area contributed by atoms with Gasteiger partial charge in [0.2, 0.25) is 0 Å². The van der Waals surface area contributed by atoms with E-state index in [-0.39, 0.29) is 6.61 Å². The molecule has 5 heteroatoms. The highest BCUT2D eigenvalue weighted by molar-refractivity contribution is 9.10. The summed E-state index contributed by atoms with van der Waals surface area (Å²) in [5.41, 5.74) is 0.860. The summed E-state index contributed by atoms with van der Waals surface area (Å²) in [5, 5.41) is 9.01. The molecule has 0 aliphatic carbocycles. The maximum absolute atomic E-state index is 9.01. The number of halogens is 1. The minimum Gasteiger partial charge on any atom is -0.492 e. The molecule has 0 fully saturated rings. The predicted octanol–water partition coefficient (Wildman–Crippen LogP) is 2.30. The molecule has 0 atom stereocenters. The van der Waals surface area contributed by atoms with Gasteiger partial charge >= 0.3 is 0 Å². The predicted molar refractivity (Wildman–Crippen MR) is 72.5 cm³/mol. The van der Waals surface area contributed by atoms with Crippen LogP contribution in [-0.4, -0.2) is 21.3 Å². The van der Waals surface area contributed by atoms with Crippen molar-refractivity contribution in [2.24, 2.45) is 7.05 Å². The van der Waals surface area contributed by atoms with E-state index >= 15 is 0 Å². The van der Waals surface area contributed by atoms with Gasteiger partial charge < -0.3 is 14.4 Å². The Hall–Kier alpha value is -1.33. The van der Waals surface area contributed by atoms with Gasteiger partial charge in [0.1, 0.15) is 11.6 Å². The van der Waals surface area contributed by atoms with Crippen LogP contribution in [0.15, 0.2) is 35.1 Å². The van der Waals surface area contributed by atoms with E-state index in [1.807, 2.05) is 36.0 Å². The highest BCUT2D eigenvalue weighted by atomic mass is 79.9. The molecule has 0 saturated heterocycles. The van der Waals surface area contributed by atoms with Crippen molar-refractivity contribution in [1.29, 1.82) is 0 Å². The second-order valence-corrected chi connectivity index (χ2v) is 4.83. The van der Waals surface area contributed by atoms with Crippen molar-refractivity contribution in [1.82, 2.24) is 9.55 Å². The third-order valence-electron chi connectivity index (χ3n) is 2.68. The summed E-state index contributed by atoms with van der Waals surface area (Å²) in [6.07, 6.45) is 4.46. The lowest BCUT2D eigenvalue weighted by atomic mass is 10.2. The van der Waals surface area contributed by atoms with Gasteiger partial charge in [0.05, 0.1) is 17.7 Å². The Bertz CT molecular complexity index is 525. The first-order chi connectivity index (χ1) is 8.70. The summed E-state index contributed by atoms with van der Waals surface area (Å²) in [5.74, 6) is 1.78. The van der Waals surface area contributed by atoms with E-state index in [1.165, 1.54) is 0 Å². The highest BCUT2D eigenvalue weighted by Crippen LogP contribution is 2.26. The second kappa shape index (κ2) is 6.02. The van der Waals surface area contributed by atoms with Crippen LogP contribution in [0, 0.1) is 0 Å². The van der Waals surface area contributed by atoms with Crippen LogP contribution in [0.2, 0.25) is 0 Å². The van der Waals surface area contributed by atoms with Crippen molar-refractivity contribution in [3.8, 4) is 5.75 Å². The molecule has 1 aromatic carbocycles. The van der Waals surface area contributed by atoms with Gasteiger partial charge in [0.15, 0.2) is 0 Å². The third-order valence-corrected chi connectivity index (χ3v) is 3.30. The summed E-state index contributed by atoms with van der Waals surface area (Å²) in [7, 11) is 1.97. The first-order valence-corrected chi connectivity index (χ1v) is 6.48. The van der Waals surface area contributed by atoms with Crippen LogP contribution in [-0.2, 0) is 20.1 Å². The molecule has 0 saturated carbocycles. The van der Waals surface area contributed by atoms with Crippen molar-refractivity contribution < 1.29 is 9.84 Å². The maximum atomic E-state index is 9.01. The molecule has 18 heavy (non-hydrogen) atoms. The molecule has 2 aromatic rings. The number of hydrogen-bond donors (Lipinski definition) is 1. The molecular weight excluding hydrogens is 296 g/mol. The van der Waals surface area contributed by atoms with E-state index in [2.05, 4.69) is 20.9 Å². The SMILES string of the molecule is Cn1ccnc1CCOc1ccc(CO)cc1Br. The Labute approximate surface area is 114 Å². The van der Waals surface area contributed by atoms with Crippen molar-refractivity contribution in [3.63, 3.8) is 0 Å². The largest absolute Gasteiger partial charge is 0.492 e. The third kappa shape index (κ3) is 3.11. The normalized spacial score (nSPS) is 10.6. The van der Waals surface area contributed by atoms with Crippen LogP contribution < -0.4 is 4.74 Å². The molecule has 0 bridgehead atoms. The quantitative estimate of drug-likeness (QED) is 0.922. The molecule has 2 rings (SSSR count). The zero-order chi connectivity index (χ0) is 13.0. The average molecular weight is 311 g/mol. The minimum atomic E-state index is 0.0339. The smallest absolute Gasteiger partial charge is 0.133 e. The first-order valence-electron chi connectivity index (χ1n) is 5.69. The van der Waals surface area contributed by atoms with Crippen molar-refractivity contribution in [2.75, 3.05) is 6.61 Å². The van der Waals surface area contributed by atoms with Gasteiger partial charge in [-0.2, -0.15) is 0 Å². The lowest BCUT2D eigenvalue weighted by Crippen LogP contribution is -2.06. The molecule has 4 nitrogen and oxygen atoms in total. The molecule has 0 amide bonds. The Balaban J connectivity index is 1.92. The number of aliphatic hydroxyl groups is 1. The van der Waals surface area contributed by atoms with E-state index in [1.54, 1.807) is 6.20 Å². The first kappa shape index (κ1) is 13.1. The summed E-state index contributed by atoms with van der Waals surface area (Å²) >= 11 is 3.42. The van der Waals surface area contributed by atoms with Gasteiger partial charge in [-0.3, -0.25) is 0 Å². The van der Waals surface area contributed by atoms with E-state index < -0.39 is 0 Å². The Morgan fingerprint density at radius 2 is 2.28 bits per heavy atom. The molecule has 96 valence electrons. The number of rotatable bonds is 5. The number of nitrogens with zero attached hydrogens (tertiary/aromatic N) is 2. The fourth-order valence-electron chi connectivity index (χ4n) is 1.65. The number of aliphatic hydroxyl groups excluding tert-OH is 1. The number of aromatic nitrogens is 2. The number of hydrogen-bond acceptors (Lipinski definition) is 3. The number of benzene rings is 1. The van der Waals surface area contributed by atoms with Crippen molar-refractivity contribution >= 4 is 15.9 Å². The van der Waals surface area contributed by atoms with E-state index in [9.17, 15) is 0 Å². The monoisotopic (exact) mass is 310 g/mol. The molecule has 1 N–H and O–H groups in total. The zero-order valence-corrected chi connectivity index (χ0v) is 11.7. The van der Waals surface area contributed by atoms with Gasteiger partial charge in [0.25, 0.3) is 0 Å². The standard InChI is InChI=1S/C13H15BrN2O2/c1-16-6-5-15-13(16)4-7-18-12-3-2-10(9-17)8-11(12)14/h2-3,5-6,8,17H,4,7,9H2,1H3. The number of ether oxygens (including phenoxy) is 1. The molecule has 0 aliphatic rings. The van der Waals surface area contributed by atoms with E-state index in [0.29, 0.717) is 6.61 Å². The average Bonchev–Trinajstić information content (AvgIpc) is 2.77. The number of imidazole rings is 1. The van der Waals surface area contributed by atoms with E-state index in [0.717, 1.165) is 28.0 Å². The van der Waals surface area contributed by atoms with Gasteiger partial charge in [0, 0.05) is 25.9 Å². The fraction of sp³-hybridized carbons (Fsp3) is 0.308. The van der Waals surface area contributed by atoms with Crippen LogP contribution in [0.1, 0.15) is 11.4 Å². The Morgan fingerprint density at radius 3 is 2.89 bits per heavy atom. The molecular formula is C13H15BrN2O2. The molecule has 1 heterocycles. The van der Waals surface area contributed by atoms with Crippen molar-refractivity contribution in [2.45, 2.75) is 13.0 Å². The highest BCUT2D eigenvalue weighted by Gasteiger charge is 2.04. The molecule has 0 spiro atoms. The van der Waals surface area contributed by atoms with Gasteiger partial charge in [-0.05, 0) is 33.6 Å². The lowest BCUT2D eigenvalue weighted by molar-refractivity contribution is 0.281. The fourth-order valence-corrected chi connectivity index (χ4v) is 2.19. The van der Waals surface area contributed by atoms with Gasteiger partial charge in [-0.15, -0.1) is 0 Å². The molecule has 0 unspecified atom stereocenters. The van der Waals surface area contributed by atoms with Crippen molar-refractivity contribution in [3.05, 3.63) is 46.5 Å². The summed E-state index contributed by atoms with van der Waals surface area (Å²) < 4.78 is 8.52. The second-order valence-electron chi connectivity index (χ2n) is 3.98. The maximum Gasteiger partial charge on any atom is 0.133 e. The Morgan fingerprint density at radius 1 is 1.44 bits per heavy atom. The summed E-state index contributed by atoms with van der Waals surface area (Å²) in [6, 6.07) is 5.56. The molecule has 0 aliphatic heterocycles. The molecule has 1 aromatic heterocycles. The summed E-state index contributed by atoms with van der Waals surface area (Å²) in [6.45, 7) is 0.605. The van der Waals surface area contributed by atoms with Crippen LogP contribution in [0.5, 0.6) is 5.75 Å². The van der Waals surface area contributed by atoms with Crippen LogP contribution in [0.3, 0.4) is 0 Å². The Kier molecular flexibility index (Phi) is 4.38. The molecule has 0 radical (unpaired) electrons. The van der Waals surface area contributed by atoms with Gasteiger partial charge in [-0.25, -0.2) is 4.98 Å². The van der Waals surface area contributed by atoms with E-state index in [4.69, 9.17) is 9.84 Å². The van der Waals surface area contributed by atoms with Crippen LogP contribution in [0.25, 0.3) is 0 Å². The summed E-state index contributed by atoms with van der Waals surface area (Å²) in [4.78, 5) is 4.23. The van der Waals surface area contributed by atoms with Crippen LogP contribution in [0.4, 0.5) is 0 Å². The zero-order valence-electron chi connectivity index (χ0n) is 10.1. The minimum absolute atomic E-state index is 0.0339. The van der Waals surface area contributed by atoms with Crippen LogP contribution >= 0.6 is 15.9 Å². The topological polar surface area (TPSA) is 47.3 Å². The number of aryl methyl sites for hydroxylation is 1.